The molecule has 3 amide bonds. The largest absolute Gasteiger partial charge is 0.462 e. The summed E-state index contributed by atoms with van der Waals surface area (Å²) in [4.78, 5) is 54.3. The van der Waals surface area contributed by atoms with Gasteiger partial charge in [0.2, 0.25) is 5.91 Å². The van der Waals surface area contributed by atoms with Gasteiger partial charge in [-0.15, -0.1) is 0 Å². The first-order valence-corrected chi connectivity index (χ1v) is 12.7. The Bertz CT molecular complexity index is 1140. The first-order valence-electron chi connectivity index (χ1n) is 12.7. The molecule has 36 heavy (non-hydrogen) atoms. The Morgan fingerprint density at radius 3 is 2.31 bits per heavy atom. The maximum absolute atomic E-state index is 12.8. The number of imide groups is 1. The number of ether oxygens (including phenoxy) is 1. The summed E-state index contributed by atoms with van der Waals surface area (Å²) >= 11 is 0. The third kappa shape index (κ3) is 4.65. The summed E-state index contributed by atoms with van der Waals surface area (Å²) in [6.07, 6.45) is 5.90. The Hall–Kier alpha value is -3.52. The topological polar surface area (TPSA) is 96.0 Å². The molecule has 2 saturated heterocycles. The molecule has 2 aromatic carbocycles. The molecule has 0 unspecified atom stereocenters. The van der Waals surface area contributed by atoms with Crippen LogP contribution in [0.25, 0.3) is 0 Å². The summed E-state index contributed by atoms with van der Waals surface area (Å²) in [5.41, 5.74) is 1.48. The normalized spacial score (nSPS) is 22.5. The Morgan fingerprint density at radius 1 is 0.944 bits per heavy atom. The molecule has 0 saturated carbocycles. The molecule has 5 rings (SSSR count). The van der Waals surface area contributed by atoms with Crippen LogP contribution in [0, 0.1) is 5.92 Å². The molecule has 3 aliphatic heterocycles. The Kier molecular flexibility index (Phi) is 6.87. The van der Waals surface area contributed by atoms with Gasteiger partial charge in [-0.2, -0.15) is 0 Å². The van der Waals surface area contributed by atoms with Crippen LogP contribution < -0.4 is 5.32 Å². The Labute approximate surface area is 210 Å². The van der Waals surface area contributed by atoms with E-state index >= 15 is 0 Å². The first kappa shape index (κ1) is 24.2. The second kappa shape index (κ2) is 10.2. The number of piperidine rings is 2. The van der Waals surface area contributed by atoms with Crippen LogP contribution in [0.2, 0.25) is 0 Å². The van der Waals surface area contributed by atoms with Gasteiger partial charge in [0.1, 0.15) is 6.04 Å². The predicted molar refractivity (Wildman–Crippen MR) is 134 cm³/mol. The van der Waals surface area contributed by atoms with Crippen molar-refractivity contribution in [2.75, 3.05) is 25.0 Å². The number of nitrogens with zero attached hydrogens (tertiary/aromatic N) is 2. The van der Waals surface area contributed by atoms with Crippen molar-refractivity contribution in [1.82, 2.24) is 9.80 Å². The van der Waals surface area contributed by atoms with Gasteiger partial charge in [-0.25, -0.2) is 4.79 Å². The minimum absolute atomic E-state index is 0.300. The van der Waals surface area contributed by atoms with Crippen LogP contribution in [0.4, 0.5) is 5.69 Å². The number of carbonyl (C=O) groups is 4. The standard InChI is InChI=1S/C28H31N3O5/c1-18(31-26(33)22-8-2-3-9-23(22)27(31)34)25(32)29-21-13-11-19(12-14-21)28(35)36-17-20-7-6-16-30-15-5-4-10-24(20)30/h2-3,8-9,11-14,18,20,24H,4-7,10,15-17H2,1H3,(H,29,32)/t18-,20-,24-/m1/s1. The number of rotatable bonds is 6. The van der Waals surface area contributed by atoms with Gasteiger partial charge in [0.15, 0.2) is 0 Å². The first-order chi connectivity index (χ1) is 17.4. The number of fused-ring (bicyclic) bond motifs is 2. The van der Waals surface area contributed by atoms with E-state index in [9.17, 15) is 19.2 Å². The summed E-state index contributed by atoms with van der Waals surface area (Å²) < 4.78 is 5.66. The lowest BCUT2D eigenvalue weighted by molar-refractivity contribution is -0.119. The molecule has 2 fully saturated rings. The van der Waals surface area contributed by atoms with Crippen LogP contribution in [-0.2, 0) is 9.53 Å². The number of benzene rings is 2. The van der Waals surface area contributed by atoms with Crippen molar-refractivity contribution in [2.45, 2.75) is 51.1 Å². The summed E-state index contributed by atoms with van der Waals surface area (Å²) in [6, 6.07) is 12.5. The van der Waals surface area contributed by atoms with E-state index in [0.717, 1.165) is 30.8 Å². The van der Waals surface area contributed by atoms with Gasteiger partial charge in [0, 0.05) is 17.6 Å². The smallest absolute Gasteiger partial charge is 0.338 e. The molecule has 0 spiro atoms. The molecule has 188 valence electrons. The molecule has 3 aliphatic rings. The molecule has 3 atom stereocenters. The Balaban J connectivity index is 1.16. The fraction of sp³-hybridized carbons (Fsp3) is 0.429. The highest BCUT2D eigenvalue weighted by molar-refractivity contribution is 6.23. The SMILES string of the molecule is C[C@H](C(=O)Nc1ccc(C(=O)OC[C@H]2CCCN3CCCC[C@H]23)cc1)N1C(=O)c2ccccc2C1=O. The van der Waals surface area contributed by atoms with Gasteiger partial charge in [0.25, 0.3) is 11.8 Å². The van der Waals surface area contributed by atoms with Crippen molar-refractivity contribution >= 4 is 29.4 Å². The highest BCUT2D eigenvalue weighted by atomic mass is 16.5. The van der Waals surface area contributed by atoms with Crippen molar-refractivity contribution in [3.63, 3.8) is 0 Å². The van der Waals surface area contributed by atoms with Gasteiger partial charge in [0.05, 0.1) is 23.3 Å². The molecule has 2 aromatic rings. The van der Waals surface area contributed by atoms with Crippen molar-refractivity contribution in [3.8, 4) is 0 Å². The number of hydrogen-bond acceptors (Lipinski definition) is 6. The lowest BCUT2D eigenvalue weighted by Crippen LogP contribution is -2.49. The number of hydrogen-bond donors (Lipinski definition) is 1. The highest BCUT2D eigenvalue weighted by Crippen LogP contribution is 2.31. The van der Waals surface area contributed by atoms with Crippen LogP contribution >= 0.6 is 0 Å². The third-order valence-electron chi connectivity index (χ3n) is 7.64. The van der Waals surface area contributed by atoms with E-state index in [1.165, 1.54) is 26.2 Å². The fourth-order valence-corrected chi connectivity index (χ4v) is 5.65. The monoisotopic (exact) mass is 489 g/mol. The average Bonchev–Trinajstić information content (AvgIpc) is 3.16. The van der Waals surface area contributed by atoms with Crippen LogP contribution in [0.3, 0.4) is 0 Å². The van der Waals surface area contributed by atoms with E-state index < -0.39 is 23.8 Å². The number of esters is 1. The lowest BCUT2D eigenvalue weighted by Gasteiger charge is -2.44. The predicted octanol–water partition coefficient (Wildman–Crippen LogP) is 3.73. The zero-order chi connectivity index (χ0) is 25.2. The highest BCUT2D eigenvalue weighted by Gasteiger charge is 2.40. The third-order valence-corrected chi connectivity index (χ3v) is 7.64. The minimum atomic E-state index is -0.989. The lowest BCUT2D eigenvalue weighted by atomic mass is 9.84. The van der Waals surface area contributed by atoms with Crippen molar-refractivity contribution in [1.29, 1.82) is 0 Å². The van der Waals surface area contributed by atoms with Gasteiger partial charge in [-0.3, -0.25) is 24.2 Å². The summed E-state index contributed by atoms with van der Waals surface area (Å²) in [5, 5.41) is 2.72. The summed E-state index contributed by atoms with van der Waals surface area (Å²) in [7, 11) is 0. The summed E-state index contributed by atoms with van der Waals surface area (Å²) in [6.45, 7) is 4.24. The second-order valence-corrected chi connectivity index (χ2v) is 9.87. The van der Waals surface area contributed by atoms with E-state index in [0.29, 0.717) is 40.9 Å². The van der Waals surface area contributed by atoms with Gasteiger partial charge >= 0.3 is 5.97 Å². The number of amides is 3. The molecule has 8 nitrogen and oxygen atoms in total. The zero-order valence-corrected chi connectivity index (χ0v) is 20.4. The number of carbonyl (C=O) groups excluding carboxylic acids is 4. The maximum Gasteiger partial charge on any atom is 0.338 e. The van der Waals surface area contributed by atoms with Crippen LogP contribution in [-0.4, -0.2) is 65.3 Å². The van der Waals surface area contributed by atoms with Crippen molar-refractivity contribution in [3.05, 3.63) is 65.2 Å². The number of anilines is 1. The zero-order valence-electron chi connectivity index (χ0n) is 20.4. The molecule has 8 heteroatoms. The quantitative estimate of drug-likeness (QED) is 0.491. The van der Waals surface area contributed by atoms with Crippen LogP contribution in [0.5, 0.6) is 0 Å². The van der Waals surface area contributed by atoms with E-state index in [1.54, 1.807) is 48.5 Å². The minimum Gasteiger partial charge on any atom is -0.462 e. The van der Waals surface area contributed by atoms with E-state index in [4.69, 9.17) is 4.74 Å². The number of nitrogens with one attached hydrogen (secondary N) is 1. The van der Waals surface area contributed by atoms with E-state index in [2.05, 4.69) is 10.2 Å². The molecule has 0 aromatic heterocycles. The van der Waals surface area contributed by atoms with E-state index in [-0.39, 0.29) is 5.97 Å². The second-order valence-electron chi connectivity index (χ2n) is 9.87. The molecule has 0 bridgehead atoms. The average molecular weight is 490 g/mol. The fourth-order valence-electron chi connectivity index (χ4n) is 5.65. The molecule has 1 N–H and O–H groups in total. The van der Waals surface area contributed by atoms with Gasteiger partial charge in [-0.1, -0.05) is 18.6 Å². The van der Waals surface area contributed by atoms with Gasteiger partial charge < -0.3 is 10.1 Å². The van der Waals surface area contributed by atoms with Crippen LogP contribution in [0.15, 0.2) is 48.5 Å². The molecule has 0 radical (unpaired) electrons. The molecular weight excluding hydrogens is 458 g/mol. The van der Waals surface area contributed by atoms with Gasteiger partial charge in [-0.05, 0) is 82.1 Å². The van der Waals surface area contributed by atoms with Crippen molar-refractivity contribution in [2.24, 2.45) is 5.92 Å². The van der Waals surface area contributed by atoms with Crippen molar-refractivity contribution < 1.29 is 23.9 Å². The molecule has 3 heterocycles. The van der Waals surface area contributed by atoms with E-state index in [1.807, 2.05) is 0 Å². The van der Waals surface area contributed by atoms with Crippen LogP contribution in [0.1, 0.15) is 70.1 Å². The molecule has 0 aliphatic carbocycles. The Morgan fingerprint density at radius 2 is 1.61 bits per heavy atom. The summed E-state index contributed by atoms with van der Waals surface area (Å²) in [5.74, 6) is -1.45. The maximum atomic E-state index is 12.8. The molecular formula is C28H31N3O5.